The Hall–Kier alpha value is -2.57. The summed E-state index contributed by atoms with van der Waals surface area (Å²) in [5.41, 5.74) is 1.17. The SMILES string of the molecule is Cc1ccc(C(C(=O)NC2CCCCC2)N(C(=O)C(NC(=O)OC(C)(C)C)C(C)C)C(C)CCC(C)C)cc1. The van der Waals surface area contributed by atoms with E-state index in [1.807, 2.05) is 52.0 Å². The molecule has 0 bridgehead atoms. The molecule has 0 aromatic heterocycles. The van der Waals surface area contributed by atoms with Gasteiger partial charge in [0.1, 0.15) is 17.7 Å². The molecule has 0 saturated heterocycles. The van der Waals surface area contributed by atoms with Gasteiger partial charge in [0, 0.05) is 12.1 Å². The molecule has 1 aromatic carbocycles. The summed E-state index contributed by atoms with van der Waals surface area (Å²) in [5.74, 6) is -0.171. The number of hydrogen-bond acceptors (Lipinski definition) is 4. The maximum atomic E-state index is 14.4. The molecule has 7 heteroatoms. The zero-order valence-electron chi connectivity index (χ0n) is 25.8. The maximum absolute atomic E-state index is 14.4. The van der Waals surface area contributed by atoms with Crippen LogP contribution in [0, 0.1) is 18.8 Å². The first-order valence-corrected chi connectivity index (χ1v) is 14.9. The third-order valence-electron chi connectivity index (χ3n) is 7.37. The number of carbonyl (C=O) groups excluding carboxylic acids is 3. The fraction of sp³-hybridized carbons (Fsp3) is 0.719. The Bertz CT molecular complexity index is 930. The molecule has 2 N–H and O–H groups in total. The van der Waals surface area contributed by atoms with Crippen molar-refractivity contribution in [3.8, 4) is 0 Å². The lowest BCUT2D eigenvalue weighted by Gasteiger charge is -2.40. The van der Waals surface area contributed by atoms with Crippen LogP contribution in [-0.2, 0) is 14.3 Å². The van der Waals surface area contributed by atoms with Crippen molar-refractivity contribution >= 4 is 17.9 Å². The number of hydrogen-bond donors (Lipinski definition) is 2. The minimum atomic E-state index is -0.836. The lowest BCUT2D eigenvalue weighted by Crippen LogP contribution is -2.57. The van der Waals surface area contributed by atoms with Gasteiger partial charge in [0.15, 0.2) is 0 Å². The predicted octanol–water partition coefficient (Wildman–Crippen LogP) is 6.69. The summed E-state index contributed by atoms with van der Waals surface area (Å²) in [6.45, 7) is 17.5. The Morgan fingerprint density at radius 1 is 0.949 bits per heavy atom. The Labute approximate surface area is 236 Å². The van der Waals surface area contributed by atoms with Crippen LogP contribution in [0.2, 0.25) is 0 Å². The zero-order valence-corrected chi connectivity index (χ0v) is 25.8. The monoisotopic (exact) mass is 543 g/mol. The fourth-order valence-corrected chi connectivity index (χ4v) is 5.14. The van der Waals surface area contributed by atoms with E-state index in [9.17, 15) is 14.4 Å². The summed E-state index contributed by atoms with van der Waals surface area (Å²) in [4.78, 5) is 43.0. The van der Waals surface area contributed by atoms with E-state index in [0.29, 0.717) is 5.92 Å². The third kappa shape index (κ3) is 10.5. The summed E-state index contributed by atoms with van der Waals surface area (Å²) >= 11 is 0. The highest BCUT2D eigenvalue weighted by atomic mass is 16.6. The zero-order chi connectivity index (χ0) is 29.3. The number of rotatable bonds is 11. The van der Waals surface area contributed by atoms with E-state index in [4.69, 9.17) is 4.74 Å². The topological polar surface area (TPSA) is 87.7 Å². The van der Waals surface area contributed by atoms with Crippen LogP contribution in [0.3, 0.4) is 0 Å². The molecule has 2 rings (SSSR count). The number of amides is 3. The van der Waals surface area contributed by atoms with Gasteiger partial charge in [0.05, 0.1) is 0 Å². The fourth-order valence-electron chi connectivity index (χ4n) is 5.14. The van der Waals surface area contributed by atoms with Gasteiger partial charge in [0.2, 0.25) is 11.8 Å². The van der Waals surface area contributed by atoms with E-state index in [-0.39, 0.29) is 29.8 Å². The van der Waals surface area contributed by atoms with Crippen molar-refractivity contribution in [3.05, 3.63) is 35.4 Å². The molecule has 0 aliphatic heterocycles. The molecule has 3 unspecified atom stereocenters. The molecule has 0 spiro atoms. The average Bonchev–Trinajstić information content (AvgIpc) is 2.84. The standard InChI is InChI=1S/C32H53N3O4/c1-21(2)15-18-24(6)35(30(37)27(22(3)4)34-31(38)39-32(7,8)9)28(25-19-16-23(5)17-20-25)29(36)33-26-13-11-10-12-14-26/h16-17,19-22,24,26-28H,10-15,18H2,1-9H3,(H,33,36)(H,34,38). The number of aryl methyl sites for hydroxylation is 1. The quantitative estimate of drug-likeness (QED) is 0.326. The van der Waals surface area contributed by atoms with Crippen LogP contribution in [0.4, 0.5) is 4.79 Å². The van der Waals surface area contributed by atoms with E-state index in [1.165, 1.54) is 6.42 Å². The van der Waals surface area contributed by atoms with Gasteiger partial charge in [-0.1, -0.05) is 76.8 Å². The van der Waals surface area contributed by atoms with Gasteiger partial charge in [-0.25, -0.2) is 4.79 Å². The van der Waals surface area contributed by atoms with E-state index >= 15 is 0 Å². The third-order valence-corrected chi connectivity index (χ3v) is 7.37. The van der Waals surface area contributed by atoms with Gasteiger partial charge >= 0.3 is 6.09 Å². The number of benzene rings is 1. The molecule has 7 nitrogen and oxygen atoms in total. The Kier molecular flexibility index (Phi) is 12.3. The van der Waals surface area contributed by atoms with Crippen molar-refractivity contribution in [1.82, 2.24) is 15.5 Å². The molecule has 0 radical (unpaired) electrons. The number of nitrogens with one attached hydrogen (secondary N) is 2. The second-order valence-electron chi connectivity index (χ2n) is 13.1. The van der Waals surface area contributed by atoms with Crippen LogP contribution in [0.1, 0.15) is 118 Å². The Balaban J connectivity index is 2.52. The van der Waals surface area contributed by atoms with E-state index in [1.54, 1.807) is 25.7 Å². The molecule has 1 fully saturated rings. The van der Waals surface area contributed by atoms with Crippen LogP contribution < -0.4 is 10.6 Å². The van der Waals surface area contributed by atoms with Crippen LogP contribution in [-0.4, -0.2) is 46.5 Å². The van der Waals surface area contributed by atoms with Gasteiger partial charge in [-0.3, -0.25) is 9.59 Å². The predicted molar refractivity (Wildman–Crippen MR) is 157 cm³/mol. The van der Waals surface area contributed by atoms with E-state index in [2.05, 4.69) is 24.5 Å². The van der Waals surface area contributed by atoms with Crippen LogP contribution in [0.25, 0.3) is 0 Å². The maximum Gasteiger partial charge on any atom is 0.408 e. The first-order chi connectivity index (χ1) is 18.2. The molecule has 0 heterocycles. The molecule has 1 aliphatic carbocycles. The second kappa shape index (κ2) is 14.7. The smallest absolute Gasteiger partial charge is 0.408 e. The number of ether oxygens (including phenoxy) is 1. The number of nitrogens with zero attached hydrogens (tertiary/aromatic N) is 1. The van der Waals surface area contributed by atoms with Crippen molar-refractivity contribution in [2.24, 2.45) is 11.8 Å². The molecule has 1 aromatic rings. The molecular weight excluding hydrogens is 490 g/mol. The average molecular weight is 544 g/mol. The highest BCUT2D eigenvalue weighted by Crippen LogP contribution is 2.30. The first-order valence-electron chi connectivity index (χ1n) is 14.9. The summed E-state index contributed by atoms with van der Waals surface area (Å²) in [7, 11) is 0. The lowest BCUT2D eigenvalue weighted by molar-refractivity contribution is -0.146. The molecule has 220 valence electrons. The molecular formula is C32H53N3O4. The highest BCUT2D eigenvalue weighted by Gasteiger charge is 2.40. The molecule has 39 heavy (non-hydrogen) atoms. The lowest BCUT2D eigenvalue weighted by atomic mass is 9.93. The minimum absolute atomic E-state index is 0.114. The summed E-state index contributed by atoms with van der Waals surface area (Å²) < 4.78 is 5.49. The molecule has 3 amide bonds. The number of alkyl carbamates (subject to hydrolysis) is 1. The highest BCUT2D eigenvalue weighted by molar-refractivity contribution is 5.92. The molecule has 1 saturated carbocycles. The van der Waals surface area contributed by atoms with Crippen molar-refractivity contribution < 1.29 is 19.1 Å². The van der Waals surface area contributed by atoms with Gasteiger partial charge in [-0.05, 0) is 77.7 Å². The van der Waals surface area contributed by atoms with Crippen molar-refractivity contribution in [2.75, 3.05) is 0 Å². The second-order valence-corrected chi connectivity index (χ2v) is 13.1. The summed E-state index contributed by atoms with van der Waals surface area (Å²) in [5, 5.41) is 6.11. The molecule has 3 atom stereocenters. The normalized spacial score (nSPS) is 16.9. The summed E-state index contributed by atoms with van der Waals surface area (Å²) in [6, 6.07) is 6.12. The van der Waals surface area contributed by atoms with Crippen molar-refractivity contribution in [1.29, 1.82) is 0 Å². The largest absolute Gasteiger partial charge is 0.444 e. The van der Waals surface area contributed by atoms with Crippen molar-refractivity contribution in [3.63, 3.8) is 0 Å². The van der Waals surface area contributed by atoms with Gasteiger partial charge < -0.3 is 20.3 Å². The van der Waals surface area contributed by atoms with Crippen molar-refractivity contribution in [2.45, 2.75) is 137 Å². The van der Waals surface area contributed by atoms with Gasteiger partial charge in [0.25, 0.3) is 0 Å². The van der Waals surface area contributed by atoms with E-state index in [0.717, 1.165) is 49.7 Å². The Morgan fingerprint density at radius 2 is 1.54 bits per heavy atom. The van der Waals surface area contributed by atoms with Crippen LogP contribution >= 0.6 is 0 Å². The van der Waals surface area contributed by atoms with Crippen LogP contribution in [0.5, 0.6) is 0 Å². The van der Waals surface area contributed by atoms with E-state index < -0.39 is 23.8 Å². The number of carbonyl (C=O) groups is 3. The summed E-state index contributed by atoms with van der Waals surface area (Å²) in [6.07, 6.45) is 6.34. The minimum Gasteiger partial charge on any atom is -0.444 e. The Morgan fingerprint density at radius 3 is 2.05 bits per heavy atom. The molecule has 1 aliphatic rings. The van der Waals surface area contributed by atoms with Gasteiger partial charge in [-0.15, -0.1) is 0 Å². The van der Waals surface area contributed by atoms with Crippen LogP contribution in [0.15, 0.2) is 24.3 Å². The first kappa shape index (κ1) is 32.6. The van der Waals surface area contributed by atoms with Gasteiger partial charge in [-0.2, -0.15) is 0 Å².